The number of fused-ring (bicyclic) bond motifs is 12. The molecule has 0 aliphatic heterocycles. The van der Waals surface area contributed by atoms with Crippen molar-refractivity contribution in [2.75, 3.05) is 4.90 Å². The summed E-state index contributed by atoms with van der Waals surface area (Å²) in [5.41, 5.74) is 12.9. The van der Waals surface area contributed by atoms with E-state index in [0.29, 0.717) is 0 Å². The zero-order valence-corrected chi connectivity index (χ0v) is 32.3. The van der Waals surface area contributed by atoms with Crippen molar-refractivity contribution in [2.24, 2.45) is 0 Å². The number of anilines is 3. The molecule has 3 aromatic heterocycles. The van der Waals surface area contributed by atoms with Crippen molar-refractivity contribution >= 4 is 92.2 Å². The van der Waals surface area contributed by atoms with Gasteiger partial charge in [-0.1, -0.05) is 140 Å². The van der Waals surface area contributed by atoms with Crippen LogP contribution in [0.2, 0.25) is 0 Å². The Bertz CT molecular complexity index is 3490. The van der Waals surface area contributed by atoms with Gasteiger partial charge in [-0.05, 0) is 78.4 Å². The second-order valence-corrected chi connectivity index (χ2v) is 15.9. The lowest BCUT2D eigenvalue weighted by Gasteiger charge is -2.28. The van der Waals surface area contributed by atoms with Crippen molar-refractivity contribution in [3.63, 3.8) is 0 Å². The topological polar surface area (TPSA) is 13.1 Å². The highest BCUT2D eigenvalue weighted by Crippen LogP contribution is 2.52. The Hall–Kier alpha value is -7.40. The maximum absolute atomic E-state index is 2.52. The van der Waals surface area contributed by atoms with Crippen molar-refractivity contribution in [2.45, 2.75) is 0 Å². The molecule has 0 saturated heterocycles. The summed E-state index contributed by atoms with van der Waals surface area (Å²) in [5.74, 6) is 0. The molecule has 0 spiro atoms. The molecule has 3 nitrogen and oxygen atoms in total. The van der Waals surface area contributed by atoms with Gasteiger partial charge in [-0.25, -0.2) is 0 Å². The van der Waals surface area contributed by atoms with E-state index < -0.39 is 0 Å². The number of rotatable bonds is 6. The SMILES string of the molecule is c1ccc(-c2ccccc2N(c2ccccc2)c2ccc3c(c2)c2c4c5ccccc5n(-c5ccccc5)c4c4sc5ccccc5c4c2n3-c2ccccc2)cc1. The lowest BCUT2D eigenvalue weighted by atomic mass is 10.00. The van der Waals surface area contributed by atoms with Crippen LogP contribution in [0, 0.1) is 0 Å². The first-order valence-corrected chi connectivity index (χ1v) is 20.6. The Labute approximate surface area is 339 Å². The molecular weight excluding hydrogens is 723 g/mol. The number of hydrogen-bond acceptors (Lipinski definition) is 2. The number of aromatic nitrogens is 2. The molecule has 0 radical (unpaired) electrons. The zero-order chi connectivity index (χ0) is 38.2. The fourth-order valence-corrected chi connectivity index (χ4v) is 10.5. The van der Waals surface area contributed by atoms with Gasteiger partial charge in [-0.15, -0.1) is 11.3 Å². The number of para-hydroxylation sites is 5. The summed E-state index contributed by atoms with van der Waals surface area (Å²) in [4.78, 5) is 2.43. The second kappa shape index (κ2) is 13.1. The molecule has 4 heteroatoms. The predicted molar refractivity (Wildman–Crippen MR) is 248 cm³/mol. The zero-order valence-electron chi connectivity index (χ0n) is 31.5. The van der Waals surface area contributed by atoms with Gasteiger partial charge in [0.15, 0.2) is 0 Å². The normalized spacial score (nSPS) is 11.8. The third-order valence-electron chi connectivity index (χ3n) is 11.7. The van der Waals surface area contributed by atoms with E-state index >= 15 is 0 Å². The van der Waals surface area contributed by atoms with Crippen LogP contribution < -0.4 is 4.90 Å². The Kier molecular flexibility index (Phi) is 7.40. The number of hydrogen-bond donors (Lipinski definition) is 0. The number of benzene rings is 9. The van der Waals surface area contributed by atoms with Crippen LogP contribution in [0.3, 0.4) is 0 Å². The summed E-state index contributed by atoms with van der Waals surface area (Å²) in [6, 6.07) is 77.1. The van der Waals surface area contributed by atoms with Gasteiger partial charge in [0, 0.05) is 65.3 Å². The smallest absolute Gasteiger partial charge is 0.0727 e. The van der Waals surface area contributed by atoms with Gasteiger partial charge in [-0.2, -0.15) is 0 Å². The molecule has 12 rings (SSSR count). The molecule has 0 bridgehead atoms. The summed E-state index contributed by atoms with van der Waals surface area (Å²) in [5, 5.41) is 7.58. The molecule has 9 aromatic carbocycles. The standard InChI is InChI=1S/C54H35N3S/c1-5-19-36(20-6-1)41-27-13-16-30-45(41)55(37-21-7-2-8-22-37)40-33-34-47-44(35-40)50-49-42-28-14-17-31-46(42)57(39-25-11-4-12-26-39)53(49)54-51(43-29-15-18-32-48(43)58-54)52(50)56(47)38-23-9-3-10-24-38/h1-35H. The largest absolute Gasteiger partial charge is 0.310 e. The summed E-state index contributed by atoms with van der Waals surface area (Å²) in [7, 11) is 0. The maximum Gasteiger partial charge on any atom is 0.0727 e. The first-order chi connectivity index (χ1) is 28.8. The van der Waals surface area contributed by atoms with Crippen molar-refractivity contribution in [1.82, 2.24) is 9.13 Å². The summed E-state index contributed by atoms with van der Waals surface area (Å²) in [6.07, 6.45) is 0. The fraction of sp³-hybridized carbons (Fsp3) is 0. The van der Waals surface area contributed by atoms with E-state index in [4.69, 9.17) is 0 Å². The molecule has 0 atom stereocenters. The molecule has 0 fully saturated rings. The van der Waals surface area contributed by atoms with Crippen LogP contribution in [0.1, 0.15) is 0 Å². The molecule has 12 aromatic rings. The quantitative estimate of drug-likeness (QED) is 0.165. The Morgan fingerprint density at radius 3 is 1.67 bits per heavy atom. The van der Waals surface area contributed by atoms with Gasteiger partial charge in [0.25, 0.3) is 0 Å². The molecule has 58 heavy (non-hydrogen) atoms. The van der Waals surface area contributed by atoms with Crippen LogP contribution >= 0.6 is 11.3 Å². The van der Waals surface area contributed by atoms with Crippen molar-refractivity contribution in [3.8, 4) is 22.5 Å². The minimum atomic E-state index is 1.10. The lowest BCUT2D eigenvalue weighted by Crippen LogP contribution is -2.11. The van der Waals surface area contributed by atoms with Gasteiger partial charge < -0.3 is 14.0 Å². The molecule has 0 aliphatic carbocycles. The Balaban J connectivity index is 1.30. The van der Waals surface area contributed by atoms with E-state index in [1.54, 1.807) is 0 Å². The van der Waals surface area contributed by atoms with E-state index in [1.165, 1.54) is 74.9 Å². The molecule has 0 saturated carbocycles. The highest BCUT2D eigenvalue weighted by molar-refractivity contribution is 7.27. The lowest BCUT2D eigenvalue weighted by molar-refractivity contribution is 1.18. The Morgan fingerprint density at radius 2 is 0.931 bits per heavy atom. The minimum Gasteiger partial charge on any atom is -0.310 e. The highest BCUT2D eigenvalue weighted by atomic mass is 32.1. The van der Waals surface area contributed by atoms with E-state index in [0.717, 1.165) is 28.4 Å². The Morgan fingerprint density at radius 1 is 0.379 bits per heavy atom. The van der Waals surface area contributed by atoms with Crippen molar-refractivity contribution < 1.29 is 0 Å². The second-order valence-electron chi connectivity index (χ2n) is 14.9. The van der Waals surface area contributed by atoms with Gasteiger partial charge >= 0.3 is 0 Å². The van der Waals surface area contributed by atoms with Gasteiger partial charge in [0.2, 0.25) is 0 Å². The third kappa shape index (κ3) is 4.86. The average Bonchev–Trinajstić information content (AvgIpc) is 3.96. The first kappa shape index (κ1) is 32.8. The van der Waals surface area contributed by atoms with E-state index in [-0.39, 0.29) is 0 Å². The highest BCUT2D eigenvalue weighted by Gasteiger charge is 2.27. The van der Waals surface area contributed by atoms with E-state index in [2.05, 4.69) is 226 Å². The summed E-state index contributed by atoms with van der Waals surface area (Å²) in [6.45, 7) is 0. The molecule has 272 valence electrons. The van der Waals surface area contributed by atoms with Crippen LogP contribution in [-0.4, -0.2) is 9.13 Å². The molecule has 3 heterocycles. The van der Waals surface area contributed by atoms with Crippen LogP contribution in [0.5, 0.6) is 0 Å². The average molecular weight is 758 g/mol. The molecule has 0 aliphatic rings. The molecule has 0 unspecified atom stereocenters. The van der Waals surface area contributed by atoms with Crippen molar-refractivity contribution in [3.05, 3.63) is 212 Å². The van der Waals surface area contributed by atoms with Gasteiger partial charge in [-0.3, -0.25) is 0 Å². The minimum absolute atomic E-state index is 1.10. The van der Waals surface area contributed by atoms with Crippen molar-refractivity contribution in [1.29, 1.82) is 0 Å². The van der Waals surface area contributed by atoms with Gasteiger partial charge in [0.05, 0.1) is 32.5 Å². The van der Waals surface area contributed by atoms with E-state index in [9.17, 15) is 0 Å². The summed E-state index contributed by atoms with van der Waals surface area (Å²) >= 11 is 1.90. The first-order valence-electron chi connectivity index (χ1n) is 19.8. The summed E-state index contributed by atoms with van der Waals surface area (Å²) < 4.78 is 7.61. The molecular formula is C54H35N3S. The number of nitrogens with zero attached hydrogens (tertiary/aromatic N) is 3. The monoisotopic (exact) mass is 757 g/mol. The van der Waals surface area contributed by atoms with Crippen LogP contribution in [0.25, 0.3) is 86.3 Å². The third-order valence-corrected chi connectivity index (χ3v) is 12.8. The molecule has 0 N–H and O–H groups in total. The fourth-order valence-electron chi connectivity index (χ4n) is 9.29. The number of thiophene rings is 1. The van der Waals surface area contributed by atoms with Crippen LogP contribution in [0.4, 0.5) is 17.1 Å². The van der Waals surface area contributed by atoms with Gasteiger partial charge in [0.1, 0.15) is 0 Å². The maximum atomic E-state index is 2.52. The predicted octanol–water partition coefficient (Wildman–Crippen LogP) is 15.4. The van der Waals surface area contributed by atoms with Crippen LogP contribution in [-0.2, 0) is 0 Å². The van der Waals surface area contributed by atoms with Crippen LogP contribution in [0.15, 0.2) is 212 Å². The van der Waals surface area contributed by atoms with E-state index in [1.807, 2.05) is 11.3 Å². The molecule has 0 amide bonds.